The fourth-order valence-corrected chi connectivity index (χ4v) is 2.03. The van der Waals surface area contributed by atoms with Gasteiger partial charge in [-0.25, -0.2) is 4.79 Å². The van der Waals surface area contributed by atoms with E-state index in [1.54, 1.807) is 24.3 Å². The molecule has 1 aliphatic rings. The number of aliphatic hydroxyl groups excluding tert-OH is 1. The molecule has 1 aromatic carbocycles. The molecule has 0 unspecified atom stereocenters. The smallest absolute Gasteiger partial charge is 0.319 e. The second kappa shape index (κ2) is 5.59. The first-order chi connectivity index (χ1) is 8.63. The molecule has 2 rings (SSSR count). The van der Waals surface area contributed by atoms with Crippen molar-refractivity contribution >= 4 is 23.3 Å². The van der Waals surface area contributed by atoms with Gasteiger partial charge in [0.25, 0.3) is 0 Å². The third-order valence-electron chi connectivity index (χ3n) is 3.33. The number of hydrogen-bond acceptors (Lipinski definition) is 2. The Morgan fingerprint density at radius 2 is 2.00 bits per heavy atom. The summed E-state index contributed by atoms with van der Waals surface area (Å²) in [4.78, 5) is 11.7. The van der Waals surface area contributed by atoms with Gasteiger partial charge in [-0.2, -0.15) is 0 Å². The van der Waals surface area contributed by atoms with Crippen LogP contribution in [0.2, 0.25) is 5.02 Å². The molecule has 3 N–H and O–H groups in total. The molecule has 0 atom stereocenters. The third-order valence-corrected chi connectivity index (χ3v) is 3.58. The van der Waals surface area contributed by atoms with Crippen molar-refractivity contribution in [3.05, 3.63) is 29.3 Å². The number of urea groups is 1. The van der Waals surface area contributed by atoms with Crippen molar-refractivity contribution in [3.8, 4) is 0 Å². The summed E-state index contributed by atoms with van der Waals surface area (Å²) in [5.74, 6) is 0. The molecule has 0 radical (unpaired) electrons. The second-order valence-corrected chi connectivity index (χ2v) is 5.22. The summed E-state index contributed by atoms with van der Waals surface area (Å²) in [6.45, 7) is 0.799. The molecule has 0 heterocycles. The SMILES string of the molecule is O=C(NCC1(CCO)CC1)Nc1ccc(Cl)cc1. The van der Waals surface area contributed by atoms with Crippen LogP contribution in [0.5, 0.6) is 0 Å². The molecule has 1 aliphatic carbocycles. The van der Waals surface area contributed by atoms with Crippen LogP contribution in [-0.2, 0) is 0 Å². The number of anilines is 1. The minimum atomic E-state index is -0.221. The number of hydrogen-bond donors (Lipinski definition) is 3. The number of halogens is 1. The predicted molar refractivity (Wildman–Crippen MR) is 71.8 cm³/mol. The second-order valence-electron chi connectivity index (χ2n) is 4.79. The van der Waals surface area contributed by atoms with Crippen LogP contribution >= 0.6 is 11.6 Å². The minimum Gasteiger partial charge on any atom is -0.396 e. The fraction of sp³-hybridized carbons (Fsp3) is 0.462. The van der Waals surface area contributed by atoms with Gasteiger partial charge in [0.05, 0.1) is 0 Å². The highest BCUT2D eigenvalue weighted by atomic mass is 35.5. The van der Waals surface area contributed by atoms with Gasteiger partial charge in [-0.3, -0.25) is 0 Å². The lowest BCUT2D eigenvalue weighted by Gasteiger charge is -2.15. The van der Waals surface area contributed by atoms with E-state index in [0.717, 1.165) is 19.3 Å². The van der Waals surface area contributed by atoms with E-state index >= 15 is 0 Å². The molecule has 18 heavy (non-hydrogen) atoms. The van der Waals surface area contributed by atoms with Crippen LogP contribution in [0.25, 0.3) is 0 Å². The van der Waals surface area contributed by atoms with E-state index in [1.807, 2.05) is 0 Å². The molecule has 0 aromatic heterocycles. The Labute approximate surface area is 111 Å². The number of benzene rings is 1. The Bertz CT molecular complexity index is 416. The quantitative estimate of drug-likeness (QED) is 0.769. The van der Waals surface area contributed by atoms with E-state index in [0.29, 0.717) is 17.3 Å². The minimum absolute atomic E-state index is 0.131. The van der Waals surface area contributed by atoms with Crippen molar-refractivity contribution in [1.82, 2.24) is 5.32 Å². The van der Waals surface area contributed by atoms with E-state index < -0.39 is 0 Å². The largest absolute Gasteiger partial charge is 0.396 e. The molecule has 4 nitrogen and oxygen atoms in total. The summed E-state index contributed by atoms with van der Waals surface area (Å²) in [5, 5.41) is 15.1. The van der Waals surface area contributed by atoms with E-state index in [9.17, 15) is 4.79 Å². The molecule has 98 valence electrons. The summed E-state index contributed by atoms with van der Waals surface area (Å²) in [6, 6.07) is 6.74. The Hall–Kier alpha value is -1.26. The molecule has 2 amide bonds. The maximum Gasteiger partial charge on any atom is 0.319 e. The topological polar surface area (TPSA) is 61.4 Å². The summed E-state index contributed by atoms with van der Waals surface area (Å²) >= 11 is 5.76. The normalized spacial score (nSPS) is 16.1. The molecule has 0 saturated heterocycles. The van der Waals surface area contributed by atoms with Crippen molar-refractivity contribution in [2.45, 2.75) is 19.3 Å². The number of amides is 2. The molecule has 1 aromatic rings. The molecular formula is C13H17ClN2O2. The van der Waals surface area contributed by atoms with Crippen LogP contribution in [0.15, 0.2) is 24.3 Å². The first-order valence-electron chi connectivity index (χ1n) is 6.05. The van der Waals surface area contributed by atoms with Gasteiger partial charge < -0.3 is 15.7 Å². The summed E-state index contributed by atoms with van der Waals surface area (Å²) in [5.41, 5.74) is 0.843. The summed E-state index contributed by atoms with van der Waals surface area (Å²) in [7, 11) is 0. The molecule has 5 heteroatoms. The van der Waals surface area contributed by atoms with Crippen molar-refractivity contribution in [2.75, 3.05) is 18.5 Å². The maximum absolute atomic E-state index is 11.7. The molecule has 1 saturated carbocycles. The average molecular weight is 269 g/mol. The summed E-state index contributed by atoms with van der Waals surface area (Å²) < 4.78 is 0. The third kappa shape index (κ3) is 3.62. The number of aliphatic hydroxyl groups is 1. The Balaban J connectivity index is 1.77. The molecule has 0 bridgehead atoms. The van der Waals surface area contributed by atoms with Crippen LogP contribution in [0.1, 0.15) is 19.3 Å². The predicted octanol–water partition coefficient (Wildman–Crippen LogP) is 2.62. The molecule has 1 fully saturated rings. The highest BCUT2D eigenvalue weighted by molar-refractivity contribution is 6.30. The number of rotatable bonds is 5. The van der Waals surface area contributed by atoms with Crippen LogP contribution in [0.3, 0.4) is 0 Å². The van der Waals surface area contributed by atoms with Gasteiger partial charge in [0.1, 0.15) is 0 Å². The van der Waals surface area contributed by atoms with Crippen LogP contribution in [-0.4, -0.2) is 24.3 Å². The summed E-state index contributed by atoms with van der Waals surface area (Å²) in [6.07, 6.45) is 2.91. The Kier molecular flexibility index (Phi) is 4.09. The van der Waals surface area contributed by atoms with Gasteiger partial charge in [0.15, 0.2) is 0 Å². The molecular weight excluding hydrogens is 252 g/mol. The van der Waals surface area contributed by atoms with E-state index in [4.69, 9.17) is 16.7 Å². The maximum atomic E-state index is 11.7. The Morgan fingerprint density at radius 1 is 1.33 bits per heavy atom. The van der Waals surface area contributed by atoms with Crippen molar-refractivity contribution in [1.29, 1.82) is 0 Å². The van der Waals surface area contributed by atoms with Crippen LogP contribution < -0.4 is 10.6 Å². The monoisotopic (exact) mass is 268 g/mol. The zero-order chi connectivity index (χ0) is 13.0. The number of nitrogens with one attached hydrogen (secondary N) is 2. The van der Waals surface area contributed by atoms with Crippen molar-refractivity contribution in [2.24, 2.45) is 5.41 Å². The standard InChI is InChI=1S/C13H17ClN2O2/c14-10-1-3-11(4-2-10)16-12(18)15-9-13(5-6-13)7-8-17/h1-4,17H,5-9H2,(H2,15,16,18). The van der Waals surface area contributed by atoms with Gasteiger partial charge in [-0.15, -0.1) is 0 Å². The van der Waals surface area contributed by atoms with E-state index in [1.165, 1.54) is 0 Å². The number of carbonyl (C=O) groups excluding carboxylic acids is 1. The molecule has 0 spiro atoms. The van der Waals surface area contributed by atoms with Gasteiger partial charge in [0, 0.05) is 23.9 Å². The highest BCUT2D eigenvalue weighted by Gasteiger charge is 2.41. The van der Waals surface area contributed by atoms with E-state index in [-0.39, 0.29) is 18.1 Å². The highest BCUT2D eigenvalue weighted by Crippen LogP contribution is 2.47. The first-order valence-corrected chi connectivity index (χ1v) is 6.43. The lowest BCUT2D eigenvalue weighted by atomic mass is 10.0. The van der Waals surface area contributed by atoms with Crippen LogP contribution in [0.4, 0.5) is 10.5 Å². The molecule has 0 aliphatic heterocycles. The van der Waals surface area contributed by atoms with Crippen molar-refractivity contribution in [3.63, 3.8) is 0 Å². The first kappa shape index (κ1) is 13.2. The lowest BCUT2D eigenvalue weighted by molar-refractivity contribution is 0.234. The Morgan fingerprint density at radius 3 is 2.56 bits per heavy atom. The van der Waals surface area contributed by atoms with Gasteiger partial charge in [-0.05, 0) is 48.9 Å². The van der Waals surface area contributed by atoms with Gasteiger partial charge in [0.2, 0.25) is 0 Å². The lowest BCUT2D eigenvalue weighted by Crippen LogP contribution is -2.34. The van der Waals surface area contributed by atoms with Crippen LogP contribution in [0, 0.1) is 5.41 Å². The van der Waals surface area contributed by atoms with Gasteiger partial charge >= 0.3 is 6.03 Å². The average Bonchev–Trinajstić information content (AvgIpc) is 3.11. The number of carbonyl (C=O) groups is 1. The van der Waals surface area contributed by atoms with Crippen molar-refractivity contribution < 1.29 is 9.90 Å². The van der Waals surface area contributed by atoms with E-state index in [2.05, 4.69) is 10.6 Å². The van der Waals surface area contributed by atoms with Gasteiger partial charge in [-0.1, -0.05) is 11.6 Å². The zero-order valence-corrected chi connectivity index (χ0v) is 10.8. The fourth-order valence-electron chi connectivity index (χ4n) is 1.91. The zero-order valence-electron chi connectivity index (χ0n) is 10.1.